The van der Waals surface area contributed by atoms with Gasteiger partial charge < -0.3 is 42.2 Å². The van der Waals surface area contributed by atoms with Crippen molar-refractivity contribution in [2.24, 2.45) is 11.5 Å². The number of hydrogen-bond donors (Lipinski definition) is 7. The maximum atomic E-state index is 9.00. The molecule has 9 nitrogen and oxygen atoms in total. The molecule has 1 saturated heterocycles. The Hall–Kier alpha value is -0.520. The molecule has 0 aliphatic carbocycles. The van der Waals surface area contributed by atoms with Gasteiger partial charge in [-0.3, -0.25) is 4.79 Å². The molecule has 1 atom stereocenters. The SMILES string of the molecule is CC(=O)O.ClCC1CO1.NCCCNCCNCCCN.OCCO. The summed E-state index contributed by atoms with van der Waals surface area (Å²) in [6, 6.07) is 0. The smallest absolute Gasteiger partial charge is 0.300 e. The molecular formula is C15H37ClN4O5. The number of carboxylic acids is 1. The second kappa shape index (κ2) is 28.3. The van der Waals surface area contributed by atoms with Crippen LogP contribution >= 0.6 is 11.6 Å². The molecule has 0 aromatic heterocycles. The first kappa shape index (κ1) is 29.3. The highest BCUT2D eigenvalue weighted by Crippen LogP contribution is 2.08. The van der Waals surface area contributed by atoms with Crippen molar-refractivity contribution in [1.82, 2.24) is 10.6 Å². The van der Waals surface area contributed by atoms with Crippen LogP contribution in [0.1, 0.15) is 19.8 Å². The Morgan fingerprint density at radius 3 is 1.60 bits per heavy atom. The van der Waals surface area contributed by atoms with Gasteiger partial charge in [0.2, 0.25) is 0 Å². The summed E-state index contributed by atoms with van der Waals surface area (Å²) >= 11 is 5.27. The van der Waals surface area contributed by atoms with Crippen molar-refractivity contribution >= 4 is 17.6 Å². The summed E-state index contributed by atoms with van der Waals surface area (Å²) in [6.45, 7) is 7.34. The predicted molar refractivity (Wildman–Crippen MR) is 101 cm³/mol. The molecule has 1 heterocycles. The largest absolute Gasteiger partial charge is 0.481 e. The van der Waals surface area contributed by atoms with Crippen molar-refractivity contribution in [3.63, 3.8) is 0 Å². The number of nitrogens with two attached hydrogens (primary N) is 2. The molecule has 0 amide bonds. The number of carboxylic acid groups (broad SMARTS) is 1. The summed E-state index contributed by atoms with van der Waals surface area (Å²) < 4.78 is 4.73. The van der Waals surface area contributed by atoms with E-state index in [1.54, 1.807) is 0 Å². The van der Waals surface area contributed by atoms with Crippen LogP contribution in [0.15, 0.2) is 0 Å². The average molecular weight is 389 g/mol. The Morgan fingerprint density at radius 2 is 1.44 bits per heavy atom. The maximum Gasteiger partial charge on any atom is 0.300 e. The highest BCUT2D eigenvalue weighted by molar-refractivity contribution is 6.18. The summed E-state index contributed by atoms with van der Waals surface area (Å²) in [5.41, 5.74) is 10.7. The van der Waals surface area contributed by atoms with Crippen molar-refractivity contribution in [3.8, 4) is 0 Å². The fraction of sp³-hybridized carbons (Fsp3) is 0.933. The molecule has 0 bridgehead atoms. The van der Waals surface area contributed by atoms with Crippen LogP contribution in [0.4, 0.5) is 0 Å². The Morgan fingerprint density at radius 1 is 1.08 bits per heavy atom. The van der Waals surface area contributed by atoms with Gasteiger partial charge in [-0.25, -0.2) is 0 Å². The fourth-order valence-corrected chi connectivity index (χ4v) is 1.22. The molecule has 10 heteroatoms. The minimum Gasteiger partial charge on any atom is -0.481 e. The van der Waals surface area contributed by atoms with Crippen molar-refractivity contribution in [3.05, 3.63) is 0 Å². The molecular weight excluding hydrogens is 352 g/mol. The van der Waals surface area contributed by atoms with Crippen molar-refractivity contribution in [2.75, 3.05) is 65.0 Å². The van der Waals surface area contributed by atoms with Gasteiger partial charge in [0.1, 0.15) is 0 Å². The fourth-order valence-electron chi connectivity index (χ4n) is 1.04. The van der Waals surface area contributed by atoms with E-state index >= 15 is 0 Å². The number of rotatable bonds is 11. The van der Waals surface area contributed by atoms with Crippen LogP contribution in [0.5, 0.6) is 0 Å². The third-order valence-corrected chi connectivity index (χ3v) is 2.61. The lowest BCUT2D eigenvalue weighted by atomic mass is 10.4. The molecule has 0 aromatic carbocycles. The first-order valence-electron chi connectivity index (χ1n) is 8.40. The molecule has 9 N–H and O–H groups in total. The molecule has 1 aliphatic rings. The van der Waals surface area contributed by atoms with Gasteiger partial charge in [0.25, 0.3) is 5.97 Å². The lowest BCUT2D eigenvalue weighted by Crippen LogP contribution is -2.29. The quantitative estimate of drug-likeness (QED) is 0.127. The molecule has 0 radical (unpaired) electrons. The molecule has 1 aliphatic heterocycles. The Balaban J connectivity index is -0.000000304. The van der Waals surface area contributed by atoms with Crippen molar-refractivity contribution < 1.29 is 24.9 Å². The van der Waals surface area contributed by atoms with Gasteiger partial charge in [-0.05, 0) is 39.0 Å². The first-order valence-corrected chi connectivity index (χ1v) is 8.93. The standard InChI is InChI=1S/C8H22N4.C3H5ClO.C2H4O2.C2H6O2/c9-3-1-5-11-7-8-12-6-2-4-10;4-1-3-2-5-3;1-2(3)4;3-1-2-4/h11-12H,1-10H2;3H,1-2H2;1H3,(H,3,4);3-4H,1-2H2. The van der Waals surface area contributed by atoms with E-state index in [0.29, 0.717) is 12.0 Å². The van der Waals surface area contributed by atoms with Crippen molar-refractivity contribution in [2.45, 2.75) is 25.9 Å². The lowest BCUT2D eigenvalue weighted by Gasteiger charge is -2.04. The molecule has 0 aromatic rings. The van der Waals surface area contributed by atoms with Gasteiger partial charge in [0, 0.05) is 20.0 Å². The zero-order valence-electron chi connectivity index (χ0n) is 15.3. The molecule has 1 unspecified atom stereocenters. The van der Waals surface area contributed by atoms with E-state index in [-0.39, 0.29) is 13.2 Å². The summed E-state index contributed by atoms with van der Waals surface area (Å²) in [4.78, 5) is 9.00. The van der Waals surface area contributed by atoms with Gasteiger partial charge in [0.05, 0.1) is 31.8 Å². The molecule has 0 saturated carbocycles. The van der Waals surface area contributed by atoms with Gasteiger partial charge in [-0.15, -0.1) is 11.6 Å². The maximum absolute atomic E-state index is 9.00. The number of aliphatic hydroxyl groups is 2. The van der Waals surface area contributed by atoms with E-state index in [0.717, 1.165) is 65.6 Å². The van der Waals surface area contributed by atoms with Crippen LogP contribution in [0.3, 0.4) is 0 Å². The first-order chi connectivity index (χ1) is 12.0. The van der Waals surface area contributed by atoms with Gasteiger partial charge in [0.15, 0.2) is 0 Å². The van der Waals surface area contributed by atoms with Crippen LogP contribution in [-0.4, -0.2) is 92.4 Å². The Bertz CT molecular complexity index is 234. The number of aliphatic carboxylic acids is 1. The number of hydrogen-bond acceptors (Lipinski definition) is 8. The minimum absolute atomic E-state index is 0.125. The monoisotopic (exact) mass is 388 g/mol. The highest BCUT2D eigenvalue weighted by Gasteiger charge is 2.19. The van der Waals surface area contributed by atoms with Crippen LogP contribution in [-0.2, 0) is 9.53 Å². The zero-order chi connectivity index (χ0) is 19.8. The van der Waals surface area contributed by atoms with E-state index in [1.807, 2.05) is 0 Å². The third-order valence-electron chi connectivity index (χ3n) is 2.27. The van der Waals surface area contributed by atoms with E-state index in [1.165, 1.54) is 0 Å². The topological polar surface area (TPSA) is 166 Å². The van der Waals surface area contributed by atoms with E-state index in [9.17, 15) is 0 Å². The predicted octanol–water partition coefficient (Wildman–Crippen LogP) is -1.45. The number of aliphatic hydroxyl groups excluding tert-OH is 2. The second-order valence-electron chi connectivity index (χ2n) is 4.86. The van der Waals surface area contributed by atoms with E-state index in [2.05, 4.69) is 10.6 Å². The lowest BCUT2D eigenvalue weighted by molar-refractivity contribution is -0.134. The summed E-state index contributed by atoms with van der Waals surface area (Å²) in [5.74, 6) is -0.167. The van der Waals surface area contributed by atoms with Crippen LogP contribution in [0.2, 0.25) is 0 Å². The van der Waals surface area contributed by atoms with E-state index in [4.69, 9.17) is 47.9 Å². The van der Waals surface area contributed by atoms with Gasteiger partial charge in [-0.2, -0.15) is 0 Å². The third kappa shape index (κ3) is 51.7. The number of alkyl halides is 1. The summed E-state index contributed by atoms with van der Waals surface area (Å²) in [5, 5.41) is 29.2. The number of epoxide rings is 1. The number of nitrogens with one attached hydrogen (secondary N) is 2. The van der Waals surface area contributed by atoms with Crippen LogP contribution in [0.25, 0.3) is 0 Å². The normalized spacial score (nSPS) is 14.1. The molecule has 1 fully saturated rings. The van der Waals surface area contributed by atoms with Crippen molar-refractivity contribution in [1.29, 1.82) is 0 Å². The number of ether oxygens (including phenoxy) is 1. The second-order valence-corrected chi connectivity index (χ2v) is 5.17. The molecule has 1 rings (SSSR count). The highest BCUT2D eigenvalue weighted by atomic mass is 35.5. The number of carbonyl (C=O) groups is 1. The van der Waals surface area contributed by atoms with Gasteiger partial charge in [-0.1, -0.05) is 0 Å². The minimum atomic E-state index is -0.833. The average Bonchev–Trinajstić information content (AvgIpc) is 3.42. The van der Waals surface area contributed by atoms with E-state index < -0.39 is 5.97 Å². The summed E-state index contributed by atoms with van der Waals surface area (Å²) in [7, 11) is 0. The molecule has 154 valence electrons. The Labute approximate surface area is 156 Å². The van der Waals surface area contributed by atoms with Crippen LogP contribution in [0, 0.1) is 0 Å². The zero-order valence-corrected chi connectivity index (χ0v) is 16.0. The number of halogens is 1. The molecule has 25 heavy (non-hydrogen) atoms. The Kier molecular flexibility index (Phi) is 33.1. The summed E-state index contributed by atoms with van der Waals surface area (Å²) in [6.07, 6.45) is 2.52. The van der Waals surface area contributed by atoms with Gasteiger partial charge >= 0.3 is 0 Å². The molecule has 0 spiro atoms. The van der Waals surface area contributed by atoms with Crippen LogP contribution < -0.4 is 22.1 Å².